The molecule has 0 saturated carbocycles. The van der Waals surface area contributed by atoms with Crippen LogP contribution in [0, 0.1) is 5.82 Å². The third kappa shape index (κ3) is 1.55. The second-order valence-corrected chi connectivity index (χ2v) is 4.82. The van der Waals surface area contributed by atoms with Crippen LogP contribution in [0.25, 0.3) is 21.5 Å². The van der Waals surface area contributed by atoms with Gasteiger partial charge in [-0.05, 0) is 23.6 Å². The molecule has 0 aliphatic carbocycles. The van der Waals surface area contributed by atoms with Gasteiger partial charge in [-0.1, -0.05) is 12.1 Å². The van der Waals surface area contributed by atoms with Crippen LogP contribution in [-0.2, 0) is 7.05 Å². The van der Waals surface area contributed by atoms with Gasteiger partial charge in [0, 0.05) is 18.0 Å². The van der Waals surface area contributed by atoms with Gasteiger partial charge in [-0.25, -0.2) is 9.18 Å². The van der Waals surface area contributed by atoms with E-state index in [9.17, 15) is 9.18 Å². The number of halogens is 1. The van der Waals surface area contributed by atoms with Gasteiger partial charge in [0.1, 0.15) is 10.6 Å². The highest BCUT2D eigenvalue weighted by atomic mass is 32.1. The number of hydrogen-bond acceptors (Lipinski definition) is 3. The van der Waals surface area contributed by atoms with Crippen molar-refractivity contribution >= 4 is 21.6 Å². The summed E-state index contributed by atoms with van der Waals surface area (Å²) in [5.74, 6) is -0.341. The zero-order chi connectivity index (χ0) is 12.7. The maximum atomic E-state index is 13.9. The number of hydrogen-bond donors (Lipinski definition) is 0. The van der Waals surface area contributed by atoms with Crippen molar-refractivity contribution < 1.29 is 4.39 Å². The monoisotopic (exact) mass is 260 g/mol. The molecule has 3 nitrogen and oxygen atoms in total. The fourth-order valence-corrected chi connectivity index (χ4v) is 2.74. The Bertz CT molecular complexity index is 791. The first-order chi connectivity index (χ1) is 8.68. The van der Waals surface area contributed by atoms with E-state index >= 15 is 0 Å². The number of aromatic nitrogens is 2. The van der Waals surface area contributed by atoms with Crippen molar-refractivity contribution in [3.05, 3.63) is 52.0 Å². The van der Waals surface area contributed by atoms with Crippen LogP contribution in [0.1, 0.15) is 0 Å². The first-order valence-electron chi connectivity index (χ1n) is 5.37. The van der Waals surface area contributed by atoms with Gasteiger partial charge in [-0.3, -0.25) is 4.57 Å². The second kappa shape index (κ2) is 4.03. The van der Waals surface area contributed by atoms with Crippen molar-refractivity contribution in [3.8, 4) is 11.3 Å². The van der Waals surface area contributed by atoms with E-state index in [0.29, 0.717) is 16.1 Å². The molecule has 0 aliphatic rings. The van der Waals surface area contributed by atoms with E-state index in [1.54, 1.807) is 25.2 Å². The summed E-state index contributed by atoms with van der Waals surface area (Å²) in [6, 6.07) is 8.29. The third-order valence-corrected chi connectivity index (χ3v) is 3.66. The second-order valence-electron chi connectivity index (χ2n) is 3.92. The highest BCUT2D eigenvalue weighted by Gasteiger charge is 2.14. The van der Waals surface area contributed by atoms with Crippen LogP contribution in [0.4, 0.5) is 4.39 Å². The van der Waals surface area contributed by atoms with Gasteiger partial charge in [0.15, 0.2) is 0 Å². The molecule has 0 unspecified atom stereocenters. The van der Waals surface area contributed by atoms with Gasteiger partial charge in [-0.2, -0.15) is 4.98 Å². The van der Waals surface area contributed by atoms with E-state index in [4.69, 9.17) is 0 Å². The lowest BCUT2D eigenvalue weighted by Crippen LogP contribution is -2.21. The summed E-state index contributed by atoms with van der Waals surface area (Å²) in [4.78, 5) is 16.4. The summed E-state index contributed by atoms with van der Waals surface area (Å²) >= 11 is 1.38. The van der Waals surface area contributed by atoms with Crippen LogP contribution in [0.15, 0.2) is 40.5 Å². The van der Waals surface area contributed by atoms with E-state index in [0.717, 1.165) is 5.39 Å². The molecule has 18 heavy (non-hydrogen) atoms. The molecule has 90 valence electrons. The van der Waals surface area contributed by atoms with Gasteiger partial charge in [0.05, 0.1) is 5.69 Å². The van der Waals surface area contributed by atoms with Gasteiger partial charge >= 0.3 is 5.69 Å². The Balaban J connectivity index is 2.48. The molecular formula is C13H9FN2OS. The molecule has 2 aromatic heterocycles. The molecule has 0 fully saturated rings. The van der Waals surface area contributed by atoms with Crippen molar-refractivity contribution in [3.63, 3.8) is 0 Å². The van der Waals surface area contributed by atoms with Crippen LogP contribution in [0.3, 0.4) is 0 Å². The largest absolute Gasteiger partial charge is 0.349 e. The zero-order valence-electron chi connectivity index (χ0n) is 9.55. The lowest BCUT2D eigenvalue weighted by Gasteiger charge is -2.09. The minimum absolute atomic E-state index is 0.341. The molecule has 3 aromatic rings. The molecule has 0 radical (unpaired) electrons. The predicted octanol–water partition coefficient (Wildman–Crippen LogP) is 2.80. The number of fused-ring (bicyclic) bond motifs is 1. The van der Waals surface area contributed by atoms with Gasteiger partial charge in [0.25, 0.3) is 0 Å². The van der Waals surface area contributed by atoms with E-state index in [-0.39, 0.29) is 11.5 Å². The Morgan fingerprint density at radius 3 is 2.83 bits per heavy atom. The van der Waals surface area contributed by atoms with E-state index in [2.05, 4.69) is 4.98 Å². The summed E-state index contributed by atoms with van der Waals surface area (Å²) < 4.78 is 15.3. The van der Waals surface area contributed by atoms with Crippen molar-refractivity contribution in [2.75, 3.05) is 0 Å². The minimum Gasteiger partial charge on any atom is -0.294 e. The average molecular weight is 260 g/mol. The molecule has 0 saturated heterocycles. The molecule has 0 N–H and O–H groups in total. The normalized spacial score (nSPS) is 11.0. The smallest absolute Gasteiger partial charge is 0.294 e. The van der Waals surface area contributed by atoms with Crippen LogP contribution < -0.4 is 5.69 Å². The first kappa shape index (κ1) is 11.1. The van der Waals surface area contributed by atoms with E-state index in [1.165, 1.54) is 22.0 Å². The van der Waals surface area contributed by atoms with Crippen molar-refractivity contribution in [1.82, 2.24) is 9.55 Å². The summed E-state index contributed by atoms with van der Waals surface area (Å²) in [7, 11) is 1.61. The molecule has 1 aromatic carbocycles. The summed E-state index contributed by atoms with van der Waals surface area (Å²) in [6.45, 7) is 0. The third-order valence-electron chi connectivity index (χ3n) is 2.85. The van der Waals surface area contributed by atoms with Crippen LogP contribution in [0.2, 0.25) is 0 Å². The van der Waals surface area contributed by atoms with E-state index < -0.39 is 0 Å². The lowest BCUT2D eigenvalue weighted by atomic mass is 10.1. The molecule has 3 rings (SSSR count). The van der Waals surface area contributed by atoms with Gasteiger partial charge in [-0.15, -0.1) is 11.3 Å². The molecule has 5 heteroatoms. The Morgan fingerprint density at radius 1 is 1.28 bits per heavy atom. The highest BCUT2D eigenvalue weighted by molar-refractivity contribution is 7.16. The van der Waals surface area contributed by atoms with Crippen molar-refractivity contribution in [1.29, 1.82) is 0 Å². The summed E-state index contributed by atoms with van der Waals surface area (Å²) in [5, 5.41) is 2.65. The average Bonchev–Trinajstić information content (AvgIpc) is 2.80. The van der Waals surface area contributed by atoms with Crippen LogP contribution in [0.5, 0.6) is 0 Å². The van der Waals surface area contributed by atoms with E-state index in [1.807, 2.05) is 11.4 Å². The summed E-state index contributed by atoms with van der Waals surface area (Å²) in [5.41, 5.74) is 0.621. The SMILES string of the molecule is Cn1c(-c2ccccc2F)c2ccsc2nc1=O. The van der Waals surface area contributed by atoms with Gasteiger partial charge < -0.3 is 0 Å². The van der Waals surface area contributed by atoms with Crippen LogP contribution in [-0.4, -0.2) is 9.55 Å². The Hall–Kier alpha value is -2.01. The predicted molar refractivity (Wildman–Crippen MR) is 70.3 cm³/mol. The Kier molecular flexibility index (Phi) is 2.48. The van der Waals surface area contributed by atoms with Crippen molar-refractivity contribution in [2.24, 2.45) is 7.05 Å². The maximum absolute atomic E-state index is 13.9. The number of rotatable bonds is 1. The standard InChI is InChI=1S/C13H9FN2OS/c1-16-11(8-4-2-3-5-10(8)14)9-6-7-18-12(9)15-13(16)17/h2-7H,1H3. The topological polar surface area (TPSA) is 34.9 Å². The van der Waals surface area contributed by atoms with Gasteiger partial charge in [0.2, 0.25) is 0 Å². The Morgan fingerprint density at radius 2 is 2.06 bits per heavy atom. The molecule has 0 amide bonds. The molecule has 0 bridgehead atoms. The summed E-state index contributed by atoms with van der Waals surface area (Å²) in [6.07, 6.45) is 0. The maximum Gasteiger partial charge on any atom is 0.349 e. The number of nitrogens with zero attached hydrogens (tertiary/aromatic N) is 2. The fourth-order valence-electron chi connectivity index (χ4n) is 1.99. The number of benzene rings is 1. The molecule has 2 heterocycles. The fraction of sp³-hybridized carbons (Fsp3) is 0.0769. The highest BCUT2D eigenvalue weighted by Crippen LogP contribution is 2.30. The minimum atomic E-state index is -0.372. The lowest BCUT2D eigenvalue weighted by molar-refractivity contribution is 0.629. The van der Waals surface area contributed by atoms with Crippen LogP contribution >= 0.6 is 11.3 Å². The molecule has 0 atom stereocenters. The first-order valence-corrected chi connectivity index (χ1v) is 6.25. The zero-order valence-corrected chi connectivity index (χ0v) is 10.4. The molecular weight excluding hydrogens is 251 g/mol. The molecule has 0 spiro atoms. The number of thiophene rings is 1. The quantitative estimate of drug-likeness (QED) is 0.674. The van der Waals surface area contributed by atoms with Crippen molar-refractivity contribution in [2.45, 2.75) is 0 Å². The molecule has 0 aliphatic heterocycles. The Labute approximate surface area is 106 Å².